The van der Waals surface area contributed by atoms with Gasteiger partial charge in [-0.25, -0.2) is 4.98 Å². The summed E-state index contributed by atoms with van der Waals surface area (Å²) in [5, 5.41) is 15.7. The second-order valence-electron chi connectivity index (χ2n) is 5.48. The number of hydrogen-bond acceptors (Lipinski definition) is 9. The summed E-state index contributed by atoms with van der Waals surface area (Å²) in [5.41, 5.74) is 0.841. The molecule has 0 aliphatic heterocycles. The zero-order valence-corrected chi connectivity index (χ0v) is 15.8. The van der Waals surface area contributed by atoms with Crippen LogP contribution in [0.25, 0.3) is 10.2 Å². The molecule has 0 unspecified atom stereocenters. The number of carbonyl (C=O) groups excluding carboxylic acids is 1. The van der Waals surface area contributed by atoms with Crippen LogP contribution in [0.3, 0.4) is 0 Å². The highest BCUT2D eigenvalue weighted by Gasteiger charge is 2.22. The molecular formula is C15H15N5O2S3. The molecule has 7 nitrogen and oxygen atoms in total. The van der Waals surface area contributed by atoms with Crippen molar-refractivity contribution >= 4 is 60.8 Å². The van der Waals surface area contributed by atoms with Crippen LogP contribution >= 0.6 is 34.4 Å². The predicted octanol–water partition coefficient (Wildman–Crippen LogP) is 3.46. The van der Waals surface area contributed by atoms with E-state index in [0.717, 1.165) is 25.4 Å². The molecule has 25 heavy (non-hydrogen) atoms. The number of thiazole rings is 1. The maximum absolute atomic E-state index is 12.1. The molecule has 1 aromatic carbocycles. The largest absolute Gasteiger partial charge is 0.497 e. The van der Waals surface area contributed by atoms with Gasteiger partial charge in [-0.05, 0) is 31.0 Å². The topological polar surface area (TPSA) is 89.0 Å². The Balaban J connectivity index is 1.32. The molecule has 0 saturated heterocycles. The van der Waals surface area contributed by atoms with Crippen molar-refractivity contribution in [1.82, 2.24) is 15.2 Å². The van der Waals surface area contributed by atoms with Gasteiger partial charge >= 0.3 is 0 Å². The van der Waals surface area contributed by atoms with E-state index < -0.39 is 0 Å². The van der Waals surface area contributed by atoms with E-state index in [-0.39, 0.29) is 11.7 Å². The molecule has 2 heterocycles. The minimum absolute atomic E-state index is 0.108. The van der Waals surface area contributed by atoms with E-state index in [1.54, 1.807) is 7.11 Å². The monoisotopic (exact) mass is 393 g/mol. The molecule has 1 aliphatic rings. The molecular weight excluding hydrogens is 378 g/mol. The number of methoxy groups -OCH3 is 1. The first kappa shape index (κ1) is 16.6. The van der Waals surface area contributed by atoms with Gasteiger partial charge in [0.1, 0.15) is 5.75 Å². The van der Waals surface area contributed by atoms with E-state index >= 15 is 0 Å². The lowest BCUT2D eigenvalue weighted by atomic mass is 10.3. The van der Waals surface area contributed by atoms with E-state index in [4.69, 9.17) is 4.74 Å². The van der Waals surface area contributed by atoms with E-state index in [0.29, 0.717) is 11.2 Å². The summed E-state index contributed by atoms with van der Waals surface area (Å²) in [4.78, 5) is 16.5. The van der Waals surface area contributed by atoms with Gasteiger partial charge in [0.15, 0.2) is 9.47 Å². The van der Waals surface area contributed by atoms with Gasteiger partial charge in [0.05, 0.1) is 23.1 Å². The molecule has 2 aromatic heterocycles. The normalized spacial score (nSPS) is 13.8. The van der Waals surface area contributed by atoms with E-state index in [9.17, 15) is 4.79 Å². The summed E-state index contributed by atoms with van der Waals surface area (Å²) in [6.07, 6.45) is 2.39. The molecule has 1 amide bonds. The first-order valence-corrected chi connectivity index (χ1v) is 10.3. The Bertz CT molecular complexity index is 906. The zero-order valence-electron chi connectivity index (χ0n) is 13.3. The standard InChI is InChI=1S/C15H15N5O2S3/c1-22-9-4-5-10-11(6-9)24-13(17-10)18-12(21)7-23-15-20-19-14(25-15)16-8-2-3-8/h4-6,8H,2-3,7H2,1H3,(H,16,19)(H,17,18,21). The number of ether oxygens (including phenoxy) is 1. The Morgan fingerprint density at radius 3 is 3.00 bits per heavy atom. The van der Waals surface area contributed by atoms with Crippen molar-refractivity contribution in [2.24, 2.45) is 0 Å². The SMILES string of the molecule is COc1ccc2nc(NC(=O)CSc3nnc(NC4CC4)s3)sc2c1. The molecule has 1 fully saturated rings. The number of benzene rings is 1. The summed E-state index contributed by atoms with van der Waals surface area (Å²) in [6, 6.07) is 6.19. The zero-order chi connectivity index (χ0) is 17.2. The molecule has 4 rings (SSSR count). The smallest absolute Gasteiger partial charge is 0.236 e. The molecule has 0 atom stereocenters. The quantitative estimate of drug-likeness (QED) is 0.594. The highest BCUT2D eigenvalue weighted by atomic mass is 32.2. The fourth-order valence-corrected chi connectivity index (χ4v) is 4.64. The number of hydrogen-bond donors (Lipinski definition) is 2. The van der Waals surface area contributed by atoms with Gasteiger partial charge in [0.2, 0.25) is 11.0 Å². The van der Waals surface area contributed by atoms with Crippen molar-refractivity contribution in [2.75, 3.05) is 23.5 Å². The number of carbonyl (C=O) groups is 1. The van der Waals surface area contributed by atoms with Crippen LogP contribution in [0.1, 0.15) is 12.8 Å². The van der Waals surface area contributed by atoms with Crippen molar-refractivity contribution in [3.63, 3.8) is 0 Å². The fourth-order valence-electron chi connectivity index (χ4n) is 2.10. The lowest BCUT2D eigenvalue weighted by Gasteiger charge is -1.98. The lowest BCUT2D eigenvalue weighted by molar-refractivity contribution is -0.113. The van der Waals surface area contributed by atoms with Crippen LogP contribution in [0.2, 0.25) is 0 Å². The Hall–Kier alpha value is -1.91. The Kier molecular flexibility index (Phi) is 4.73. The number of anilines is 2. The minimum Gasteiger partial charge on any atom is -0.497 e. The summed E-state index contributed by atoms with van der Waals surface area (Å²) in [6.45, 7) is 0. The average Bonchev–Trinajstić information content (AvgIpc) is 3.15. The van der Waals surface area contributed by atoms with Gasteiger partial charge in [-0.15, -0.1) is 10.2 Å². The van der Waals surface area contributed by atoms with Gasteiger partial charge in [0.25, 0.3) is 0 Å². The van der Waals surface area contributed by atoms with Crippen LogP contribution in [0, 0.1) is 0 Å². The second-order valence-corrected chi connectivity index (χ2v) is 8.71. The van der Waals surface area contributed by atoms with Gasteiger partial charge in [-0.1, -0.05) is 34.4 Å². The first-order valence-electron chi connectivity index (χ1n) is 7.67. The van der Waals surface area contributed by atoms with Crippen LogP contribution in [-0.4, -0.2) is 40.0 Å². The highest BCUT2D eigenvalue weighted by molar-refractivity contribution is 8.01. The van der Waals surface area contributed by atoms with Crippen molar-refractivity contribution < 1.29 is 9.53 Å². The van der Waals surface area contributed by atoms with Gasteiger partial charge in [-0.2, -0.15) is 0 Å². The summed E-state index contributed by atoms with van der Waals surface area (Å²) in [5.74, 6) is 0.941. The fraction of sp³-hybridized carbons (Fsp3) is 0.333. The number of thioether (sulfide) groups is 1. The number of nitrogens with zero attached hydrogens (tertiary/aromatic N) is 3. The Morgan fingerprint density at radius 1 is 1.32 bits per heavy atom. The summed E-state index contributed by atoms with van der Waals surface area (Å²) >= 11 is 4.29. The van der Waals surface area contributed by atoms with E-state index in [1.165, 1.54) is 47.3 Å². The van der Waals surface area contributed by atoms with E-state index in [2.05, 4.69) is 25.8 Å². The predicted molar refractivity (Wildman–Crippen MR) is 102 cm³/mol. The van der Waals surface area contributed by atoms with Crippen molar-refractivity contribution in [2.45, 2.75) is 23.2 Å². The van der Waals surface area contributed by atoms with Gasteiger partial charge in [0, 0.05) is 6.04 Å². The van der Waals surface area contributed by atoms with Crippen LogP contribution in [0.4, 0.5) is 10.3 Å². The van der Waals surface area contributed by atoms with Gasteiger partial charge < -0.3 is 15.4 Å². The lowest BCUT2D eigenvalue weighted by Crippen LogP contribution is -2.13. The maximum Gasteiger partial charge on any atom is 0.236 e. The van der Waals surface area contributed by atoms with Crippen molar-refractivity contribution in [3.8, 4) is 5.75 Å². The molecule has 130 valence electrons. The van der Waals surface area contributed by atoms with Crippen LogP contribution in [0.15, 0.2) is 22.5 Å². The molecule has 0 radical (unpaired) electrons. The third kappa shape index (κ3) is 4.20. The van der Waals surface area contributed by atoms with E-state index in [1.807, 2.05) is 18.2 Å². The molecule has 0 spiro atoms. The van der Waals surface area contributed by atoms with Crippen LogP contribution in [-0.2, 0) is 4.79 Å². The molecule has 1 saturated carbocycles. The summed E-state index contributed by atoms with van der Waals surface area (Å²) in [7, 11) is 1.63. The van der Waals surface area contributed by atoms with Crippen molar-refractivity contribution in [3.05, 3.63) is 18.2 Å². The van der Waals surface area contributed by atoms with Crippen LogP contribution < -0.4 is 15.4 Å². The van der Waals surface area contributed by atoms with Crippen LogP contribution in [0.5, 0.6) is 5.75 Å². The number of nitrogens with one attached hydrogen (secondary N) is 2. The first-order chi connectivity index (χ1) is 12.2. The Morgan fingerprint density at radius 2 is 2.20 bits per heavy atom. The number of rotatable bonds is 7. The third-order valence-corrected chi connectivity index (χ3v) is 6.40. The molecule has 1 aliphatic carbocycles. The molecule has 2 N–H and O–H groups in total. The number of fused-ring (bicyclic) bond motifs is 1. The maximum atomic E-state index is 12.1. The average molecular weight is 394 g/mol. The summed E-state index contributed by atoms with van der Waals surface area (Å²) < 4.78 is 6.96. The number of aromatic nitrogens is 3. The Labute approximate surface area is 156 Å². The van der Waals surface area contributed by atoms with Gasteiger partial charge in [-0.3, -0.25) is 4.79 Å². The molecule has 0 bridgehead atoms. The highest BCUT2D eigenvalue weighted by Crippen LogP contribution is 2.31. The molecule has 3 aromatic rings. The number of amides is 1. The minimum atomic E-state index is -0.108. The molecule has 10 heteroatoms. The van der Waals surface area contributed by atoms with Crippen molar-refractivity contribution in [1.29, 1.82) is 0 Å². The third-order valence-electron chi connectivity index (χ3n) is 3.48. The second kappa shape index (κ2) is 7.14.